The number of ether oxygens (including phenoxy) is 2. The van der Waals surface area contributed by atoms with Gasteiger partial charge in [0.15, 0.2) is 5.58 Å². The smallest absolute Gasteiger partial charge is 0.320 e. The third-order valence-electron chi connectivity index (χ3n) is 9.16. The van der Waals surface area contributed by atoms with Crippen LogP contribution in [0.3, 0.4) is 0 Å². The molecule has 3 aromatic heterocycles. The molecule has 0 saturated carbocycles. The highest BCUT2D eigenvalue weighted by Crippen LogP contribution is 2.37. The number of nitrogens with zero attached hydrogens (tertiary/aromatic N) is 5. The van der Waals surface area contributed by atoms with Crippen molar-refractivity contribution < 1.29 is 23.8 Å². The molecule has 1 atom stereocenters. The number of carbonyl (C=O) groups is 1. The van der Waals surface area contributed by atoms with Crippen molar-refractivity contribution in [3.8, 4) is 40.1 Å². The number of aromatic nitrogens is 3. The van der Waals surface area contributed by atoms with Gasteiger partial charge in [0, 0.05) is 54.1 Å². The van der Waals surface area contributed by atoms with Crippen LogP contribution in [0.4, 0.5) is 0 Å². The van der Waals surface area contributed by atoms with Gasteiger partial charge in [0.1, 0.15) is 42.3 Å². The number of carboxylic acid groups (broad SMARTS) is 1. The summed E-state index contributed by atoms with van der Waals surface area (Å²) in [5.74, 6) is 0.657. The summed E-state index contributed by atoms with van der Waals surface area (Å²) in [7, 11) is 0. The van der Waals surface area contributed by atoms with Crippen molar-refractivity contribution in [2.45, 2.75) is 52.0 Å². The van der Waals surface area contributed by atoms with Gasteiger partial charge >= 0.3 is 5.97 Å². The van der Waals surface area contributed by atoms with Crippen molar-refractivity contribution in [1.29, 1.82) is 5.26 Å². The molecule has 10 nitrogen and oxygen atoms in total. The van der Waals surface area contributed by atoms with Crippen LogP contribution in [-0.2, 0) is 24.6 Å². The molecular formula is C40H34ClN5O5. The Balaban J connectivity index is 1.14. The first kappa shape index (κ1) is 33.7. The maximum absolute atomic E-state index is 12.0. The molecule has 11 heteroatoms. The van der Waals surface area contributed by atoms with E-state index in [2.05, 4.69) is 29.0 Å². The Hall–Kier alpha value is -5.76. The summed E-state index contributed by atoms with van der Waals surface area (Å²) in [5, 5.41) is 19.6. The largest absolute Gasteiger partial charge is 0.488 e. The molecule has 1 aliphatic rings. The van der Waals surface area contributed by atoms with E-state index < -0.39 is 12.0 Å². The van der Waals surface area contributed by atoms with E-state index in [1.54, 1.807) is 36.8 Å². The number of nitriles is 1. The van der Waals surface area contributed by atoms with Gasteiger partial charge in [-0.1, -0.05) is 42.3 Å². The predicted molar refractivity (Wildman–Crippen MR) is 192 cm³/mol. The molecule has 51 heavy (non-hydrogen) atoms. The molecule has 6 aromatic rings. The number of pyridine rings is 2. The van der Waals surface area contributed by atoms with Crippen molar-refractivity contribution in [2.75, 3.05) is 6.54 Å². The highest BCUT2D eigenvalue weighted by Gasteiger charge is 2.29. The second-order valence-corrected chi connectivity index (χ2v) is 12.9. The van der Waals surface area contributed by atoms with Gasteiger partial charge in [-0.2, -0.15) is 5.26 Å². The van der Waals surface area contributed by atoms with Crippen LogP contribution in [-0.4, -0.2) is 43.5 Å². The number of halogens is 1. The fraction of sp³-hybridized carbons (Fsp3) is 0.225. The Bertz CT molecular complexity index is 2250. The Morgan fingerprint density at radius 3 is 2.65 bits per heavy atom. The Morgan fingerprint density at radius 2 is 1.82 bits per heavy atom. The fourth-order valence-corrected chi connectivity index (χ4v) is 6.67. The number of aliphatic carboxylic acids is 1. The first-order valence-corrected chi connectivity index (χ1v) is 17.0. The first-order valence-electron chi connectivity index (χ1n) is 16.6. The second-order valence-electron chi connectivity index (χ2n) is 12.5. The van der Waals surface area contributed by atoms with Crippen molar-refractivity contribution in [3.63, 3.8) is 0 Å². The van der Waals surface area contributed by atoms with E-state index in [4.69, 9.17) is 30.5 Å². The predicted octanol–water partition coefficient (Wildman–Crippen LogP) is 8.38. The Kier molecular flexibility index (Phi) is 9.92. The number of oxazole rings is 1. The SMILES string of the molecule is Cc1c(COc2cc(OCc3cncc(C#N)c3)c(CN3CCCCC3C(=O)O)cc2Cl)cccc1-c1ccc2oc(-c3ccncc3)nc2c1. The minimum Gasteiger partial charge on any atom is -0.488 e. The van der Waals surface area contributed by atoms with E-state index in [-0.39, 0.29) is 13.2 Å². The monoisotopic (exact) mass is 699 g/mol. The van der Waals surface area contributed by atoms with Gasteiger partial charge in [-0.3, -0.25) is 19.7 Å². The number of hydrogen-bond acceptors (Lipinski definition) is 9. The molecule has 1 saturated heterocycles. The third kappa shape index (κ3) is 7.55. The summed E-state index contributed by atoms with van der Waals surface area (Å²) in [6.07, 6.45) is 8.94. The standard InChI is InChI=1S/C40H34ClN5O5/c1-25-30(5-4-6-32(25)29-8-9-36-34(17-29)45-39(51-36)28-10-12-43-13-11-28)24-50-38-18-37(49-23-27-15-26(19-42)20-44-21-27)31(16-33(38)41)22-46-14-3-2-7-35(46)40(47)48/h4-6,8-13,15-18,20-21,35H,2-3,7,14,22-24H2,1H3,(H,47,48). The van der Waals surface area contributed by atoms with Crippen LogP contribution in [0.2, 0.25) is 5.02 Å². The second kappa shape index (κ2) is 15.0. The van der Waals surface area contributed by atoms with Crippen LogP contribution >= 0.6 is 11.6 Å². The lowest BCUT2D eigenvalue weighted by molar-refractivity contribution is -0.144. The summed E-state index contributed by atoms with van der Waals surface area (Å²) in [5.41, 5.74) is 8.30. The number of benzene rings is 3. The van der Waals surface area contributed by atoms with E-state index in [0.29, 0.717) is 53.1 Å². The van der Waals surface area contributed by atoms with E-state index in [9.17, 15) is 15.2 Å². The number of hydrogen-bond donors (Lipinski definition) is 1. The number of carboxylic acids is 1. The molecule has 3 aromatic carbocycles. The lowest BCUT2D eigenvalue weighted by Gasteiger charge is -2.33. The molecule has 0 spiro atoms. The van der Waals surface area contributed by atoms with Crippen LogP contribution in [0.1, 0.15) is 47.1 Å². The molecule has 7 rings (SSSR count). The van der Waals surface area contributed by atoms with Gasteiger partial charge in [-0.05, 0) is 85.0 Å². The van der Waals surface area contributed by atoms with Gasteiger partial charge in [-0.25, -0.2) is 4.98 Å². The summed E-state index contributed by atoms with van der Waals surface area (Å²) < 4.78 is 18.6. The minimum absolute atomic E-state index is 0.153. The number of likely N-dealkylation sites (tertiary alicyclic amines) is 1. The van der Waals surface area contributed by atoms with E-state index in [1.807, 2.05) is 47.4 Å². The molecule has 256 valence electrons. The molecule has 0 aliphatic carbocycles. The molecule has 1 aliphatic heterocycles. The molecule has 0 amide bonds. The van der Waals surface area contributed by atoms with Gasteiger partial charge in [0.25, 0.3) is 0 Å². The van der Waals surface area contributed by atoms with Gasteiger partial charge < -0.3 is 19.0 Å². The van der Waals surface area contributed by atoms with Crippen LogP contribution < -0.4 is 9.47 Å². The van der Waals surface area contributed by atoms with Crippen LogP contribution in [0.15, 0.2) is 95.9 Å². The van der Waals surface area contributed by atoms with E-state index >= 15 is 0 Å². The van der Waals surface area contributed by atoms with Crippen molar-refractivity contribution in [2.24, 2.45) is 0 Å². The summed E-state index contributed by atoms with van der Waals surface area (Å²) in [6, 6.07) is 22.6. The van der Waals surface area contributed by atoms with Gasteiger partial charge in [0.2, 0.25) is 5.89 Å². The maximum Gasteiger partial charge on any atom is 0.320 e. The highest BCUT2D eigenvalue weighted by atomic mass is 35.5. The Labute approximate surface area is 299 Å². The summed E-state index contributed by atoms with van der Waals surface area (Å²) >= 11 is 6.83. The normalized spacial score (nSPS) is 14.6. The van der Waals surface area contributed by atoms with Gasteiger partial charge in [0.05, 0.1) is 10.6 Å². The zero-order chi connectivity index (χ0) is 35.3. The lowest BCUT2D eigenvalue weighted by Crippen LogP contribution is -2.44. The van der Waals surface area contributed by atoms with Crippen LogP contribution in [0.5, 0.6) is 11.5 Å². The van der Waals surface area contributed by atoms with Crippen LogP contribution in [0.25, 0.3) is 33.7 Å². The van der Waals surface area contributed by atoms with Gasteiger partial charge in [-0.15, -0.1) is 0 Å². The Morgan fingerprint density at radius 1 is 0.980 bits per heavy atom. The summed E-state index contributed by atoms with van der Waals surface area (Å²) in [4.78, 5) is 26.9. The molecule has 4 heterocycles. The van der Waals surface area contributed by atoms with E-state index in [1.165, 1.54) is 6.20 Å². The number of fused-ring (bicyclic) bond motifs is 1. The minimum atomic E-state index is -0.837. The molecule has 1 N–H and O–H groups in total. The molecule has 0 bridgehead atoms. The van der Waals surface area contributed by atoms with Crippen LogP contribution in [0, 0.1) is 18.3 Å². The first-order chi connectivity index (χ1) is 24.9. The molecule has 1 unspecified atom stereocenters. The van der Waals surface area contributed by atoms with E-state index in [0.717, 1.165) is 57.3 Å². The number of piperidine rings is 1. The average Bonchev–Trinajstić information content (AvgIpc) is 3.59. The number of rotatable bonds is 11. The third-order valence-corrected chi connectivity index (χ3v) is 9.46. The molecular weight excluding hydrogens is 666 g/mol. The average molecular weight is 700 g/mol. The lowest BCUT2D eigenvalue weighted by atomic mass is 9.96. The molecule has 0 radical (unpaired) electrons. The maximum atomic E-state index is 12.0. The van der Waals surface area contributed by atoms with Crippen molar-refractivity contribution in [3.05, 3.63) is 124 Å². The highest BCUT2D eigenvalue weighted by molar-refractivity contribution is 6.32. The fourth-order valence-electron chi connectivity index (χ4n) is 6.43. The topological polar surface area (TPSA) is 135 Å². The quantitative estimate of drug-likeness (QED) is 0.140. The zero-order valence-electron chi connectivity index (χ0n) is 27.9. The van der Waals surface area contributed by atoms with Crippen molar-refractivity contribution >= 4 is 28.7 Å². The molecule has 1 fully saturated rings. The zero-order valence-corrected chi connectivity index (χ0v) is 28.6. The summed E-state index contributed by atoms with van der Waals surface area (Å²) in [6.45, 7) is 3.47. The van der Waals surface area contributed by atoms with Crippen molar-refractivity contribution in [1.82, 2.24) is 19.9 Å².